The zero-order chi connectivity index (χ0) is 33.7. The van der Waals surface area contributed by atoms with E-state index in [0.717, 1.165) is 67.2 Å². The first-order chi connectivity index (χ1) is 25.2. The van der Waals surface area contributed by atoms with Gasteiger partial charge in [-0.15, -0.1) is 0 Å². The van der Waals surface area contributed by atoms with Gasteiger partial charge in [-0.1, -0.05) is 152 Å². The Kier molecular flexibility index (Phi) is 6.81. The van der Waals surface area contributed by atoms with Crippen LogP contribution < -0.4 is 4.74 Å². The summed E-state index contributed by atoms with van der Waals surface area (Å²) in [5.74, 6) is 2.49. The fourth-order valence-electron chi connectivity index (χ4n) is 7.36. The average molecular weight is 651 g/mol. The van der Waals surface area contributed by atoms with Crippen LogP contribution in [0.2, 0.25) is 0 Å². The molecule has 1 aliphatic rings. The fourth-order valence-corrected chi connectivity index (χ4v) is 7.36. The van der Waals surface area contributed by atoms with E-state index in [4.69, 9.17) is 14.7 Å². The van der Waals surface area contributed by atoms with Gasteiger partial charge >= 0.3 is 0 Å². The van der Waals surface area contributed by atoms with Crippen LogP contribution >= 0.6 is 0 Å². The number of aromatic nitrogens is 2. The number of hydrogen-bond donors (Lipinski definition) is 0. The van der Waals surface area contributed by atoms with Gasteiger partial charge < -0.3 is 4.74 Å². The maximum atomic E-state index is 6.35. The van der Waals surface area contributed by atoms with Crippen LogP contribution in [-0.4, -0.2) is 9.97 Å². The van der Waals surface area contributed by atoms with E-state index >= 15 is 0 Å². The molecule has 0 unspecified atom stereocenters. The molecule has 0 saturated carbocycles. The summed E-state index contributed by atoms with van der Waals surface area (Å²) in [5, 5.41) is 4.81. The maximum Gasteiger partial charge on any atom is 0.160 e. The van der Waals surface area contributed by atoms with Crippen molar-refractivity contribution in [1.29, 1.82) is 0 Å². The largest absolute Gasteiger partial charge is 0.456 e. The van der Waals surface area contributed by atoms with Crippen LogP contribution in [0.5, 0.6) is 11.5 Å². The van der Waals surface area contributed by atoms with Crippen molar-refractivity contribution < 1.29 is 4.74 Å². The molecule has 1 aliphatic heterocycles. The van der Waals surface area contributed by atoms with Crippen LogP contribution in [0.1, 0.15) is 0 Å². The second kappa shape index (κ2) is 11.9. The van der Waals surface area contributed by atoms with Gasteiger partial charge in [0, 0.05) is 27.6 Å². The Morgan fingerprint density at radius 1 is 0.333 bits per heavy atom. The standard InChI is InChI=1S/C48H30N2O/c1-2-11-35(12-3-1)48-49-43(30-44(50-48)38-17-6-16-37(28-38)40-19-7-13-32-10-4-5-18-39(32)40)33-24-22-31(23-25-33)36-26-27-45-42(29-36)41-20-8-14-34-15-9-21-46(51-45)47(34)41/h1-30H. The van der Waals surface area contributed by atoms with Crippen LogP contribution in [0.4, 0.5) is 0 Å². The number of ether oxygens (including phenoxy) is 1. The highest BCUT2D eigenvalue weighted by atomic mass is 16.5. The molecular weight excluding hydrogens is 621 g/mol. The first-order valence-electron chi connectivity index (χ1n) is 17.2. The predicted octanol–water partition coefficient (Wildman–Crippen LogP) is 12.9. The van der Waals surface area contributed by atoms with Crippen LogP contribution in [0.3, 0.4) is 0 Å². The van der Waals surface area contributed by atoms with Crippen molar-refractivity contribution in [2.45, 2.75) is 0 Å². The van der Waals surface area contributed by atoms with Crippen LogP contribution in [0.25, 0.3) is 88.8 Å². The summed E-state index contributed by atoms with van der Waals surface area (Å²) in [5.41, 5.74) is 11.8. The van der Waals surface area contributed by atoms with E-state index in [9.17, 15) is 0 Å². The van der Waals surface area contributed by atoms with E-state index in [1.807, 2.05) is 24.3 Å². The molecule has 0 radical (unpaired) electrons. The first-order valence-corrected chi connectivity index (χ1v) is 17.2. The molecule has 0 spiro atoms. The Labute approximate surface area is 296 Å². The molecule has 10 rings (SSSR count). The third-order valence-electron chi connectivity index (χ3n) is 9.89. The second-order valence-electron chi connectivity index (χ2n) is 13.0. The molecule has 0 atom stereocenters. The molecule has 0 bridgehead atoms. The van der Waals surface area contributed by atoms with Crippen LogP contribution in [-0.2, 0) is 0 Å². The molecule has 0 fully saturated rings. The molecule has 1 aromatic heterocycles. The zero-order valence-corrected chi connectivity index (χ0v) is 27.6. The number of fused-ring (bicyclic) bond motifs is 3. The van der Waals surface area contributed by atoms with Gasteiger partial charge in [0.05, 0.1) is 11.4 Å². The monoisotopic (exact) mass is 650 g/mol. The number of nitrogens with zero attached hydrogens (tertiary/aromatic N) is 2. The van der Waals surface area contributed by atoms with Crippen molar-refractivity contribution in [2.24, 2.45) is 0 Å². The molecule has 51 heavy (non-hydrogen) atoms. The molecule has 0 amide bonds. The lowest BCUT2D eigenvalue weighted by molar-refractivity contribution is 0.487. The quantitative estimate of drug-likeness (QED) is 0.186. The molecule has 238 valence electrons. The summed E-state index contributed by atoms with van der Waals surface area (Å²) >= 11 is 0. The molecule has 2 heterocycles. The van der Waals surface area contributed by atoms with Crippen molar-refractivity contribution in [2.75, 3.05) is 0 Å². The van der Waals surface area contributed by atoms with Gasteiger partial charge in [-0.2, -0.15) is 0 Å². The summed E-state index contributed by atoms with van der Waals surface area (Å²) in [6.45, 7) is 0. The van der Waals surface area contributed by atoms with Gasteiger partial charge in [-0.25, -0.2) is 9.97 Å². The minimum absolute atomic E-state index is 0.701. The smallest absolute Gasteiger partial charge is 0.160 e. The van der Waals surface area contributed by atoms with Crippen molar-refractivity contribution in [3.05, 3.63) is 182 Å². The number of hydrogen-bond acceptors (Lipinski definition) is 3. The Morgan fingerprint density at radius 2 is 0.961 bits per heavy atom. The minimum Gasteiger partial charge on any atom is -0.456 e. The molecule has 3 heteroatoms. The highest BCUT2D eigenvalue weighted by molar-refractivity contribution is 6.04. The van der Waals surface area contributed by atoms with Crippen molar-refractivity contribution in [1.82, 2.24) is 9.97 Å². The summed E-state index contributed by atoms with van der Waals surface area (Å²) in [6.07, 6.45) is 0. The molecule has 0 N–H and O–H groups in total. The topological polar surface area (TPSA) is 35.0 Å². The number of rotatable bonds is 5. The van der Waals surface area contributed by atoms with E-state index in [0.29, 0.717) is 5.82 Å². The molecule has 8 aromatic carbocycles. The van der Waals surface area contributed by atoms with Crippen molar-refractivity contribution in [3.8, 4) is 78.8 Å². The van der Waals surface area contributed by atoms with Crippen molar-refractivity contribution >= 4 is 21.5 Å². The Hall–Kier alpha value is -6.84. The van der Waals surface area contributed by atoms with Crippen LogP contribution in [0, 0.1) is 0 Å². The van der Waals surface area contributed by atoms with E-state index in [-0.39, 0.29) is 0 Å². The Bertz CT molecular complexity index is 2760. The highest BCUT2D eigenvalue weighted by Crippen LogP contribution is 2.47. The van der Waals surface area contributed by atoms with Gasteiger partial charge in [0.1, 0.15) is 11.5 Å². The fraction of sp³-hybridized carbons (Fsp3) is 0. The lowest BCUT2D eigenvalue weighted by Crippen LogP contribution is -1.97. The second-order valence-corrected chi connectivity index (χ2v) is 13.0. The van der Waals surface area contributed by atoms with Gasteiger partial charge in [-0.05, 0) is 74.3 Å². The predicted molar refractivity (Wildman–Crippen MR) is 210 cm³/mol. The van der Waals surface area contributed by atoms with E-state index in [1.54, 1.807) is 0 Å². The molecule has 9 aromatic rings. The lowest BCUT2D eigenvalue weighted by Gasteiger charge is -2.22. The normalized spacial score (nSPS) is 11.7. The van der Waals surface area contributed by atoms with Crippen molar-refractivity contribution in [3.63, 3.8) is 0 Å². The summed E-state index contributed by atoms with van der Waals surface area (Å²) in [6, 6.07) is 63.9. The highest BCUT2D eigenvalue weighted by Gasteiger charge is 2.20. The third kappa shape index (κ3) is 5.15. The van der Waals surface area contributed by atoms with Gasteiger partial charge in [0.25, 0.3) is 0 Å². The number of benzene rings is 8. The first kappa shape index (κ1) is 29.1. The third-order valence-corrected chi connectivity index (χ3v) is 9.89. The maximum absolute atomic E-state index is 6.35. The van der Waals surface area contributed by atoms with E-state index in [2.05, 4.69) is 158 Å². The Balaban J connectivity index is 1.04. The average Bonchev–Trinajstić information content (AvgIpc) is 3.21. The molecule has 3 nitrogen and oxygen atoms in total. The molecule has 0 saturated heterocycles. The van der Waals surface area contributed by atoms with Gasteiger partial charge in [0.15, 0.2) is 5.82 Å². The SMILES string of the molecule is c1ccc(-c2nc(-c3ccc(-c4ccc5c(c4)-c4cccc6cccc(c46)O5)cc3)cc(-c3cccc(-c4cccc5ccccc45)c3)n2)cc1. The molecule has 0 aliphatic carbocycles. The summed E-state index contributed by atoms with van der Waals surface area (Å²) < 4.78 is 6.35. The van der Waals surface area contributed by atoms with E-state index in [1.165, 1.54) is 27.3 Å². The van der Waals surface area contributed by atoms with E-state index < -0.39 is 0 Å². The zero-order valence-electron chi connectivity index (χ0n) is 27.6. The minimum atomic E-state index is 0.701. The van der Waals surface area contributed by atoms with Crippen LogP contribution in [0.15, 0.2) is 182 Å². The lowest BCUT2D eigenvalue weighted by atomic mass is 9.92. The van der Waals surface area contributed by atoms with Gasteiger partial charge in [0.2, 0.25) is 0 Å². The van der Waals surface area contributed by atoms with Gasteiger partial charge in [-0.3, -0.25) is 0 Å². The Morgan fingerprint density at radius 3 is 1.82 bits per heavy atom. The summed E-state index contributed by atoms with van der Waals surface area (Å²) in [4.78, 5) is 10.2. The molecular formula is C48H30N2O. The summed E-state index contributed by atoms with van der Waals surface area (Å²) in [7, 11) is 0.